The molecule has 3 aliphatic rings. The van der Waals surface area contributed by atoms with E-state index in [9.17, 15) is 4.79 Å². The molecule has 3 aliphatic heterocycles. The van der Waals surface area contributed by atoms with Crippen LogP contribution in [-0.4, -0.2) is 65.4 Å². The minimum absolute atomic E-state index is 0.188. The van der Waals surface area contributed by atoms with Gasteiger partial charge in [0.05, 0.1) is 6.61 Å². The lowest BCUT2D eigenvalue weighted by atomic mass is 9.89. The Morgan fingerprint density at radius 1 is 0.963 bits per heavy atom. The van der Waals surface area contributed by atoms with Crippen molar-refractivity contribution in [3.63, 3.8) is 0 Å². The van der Waals surface area contributed by atoms with Gasteiger partial charge < -0.3 is 14.5 Å². The molecule has 2 atom stereocenters. The number of rotatable bonds is 3. The summed E-state index contributed by atoms with van der Waals surface area (Å²) in [6.07, 6.45) is 3.92. The first kappa shape index (κ1) is 16.8. The lowest BCUT2D eigenvalue weighted by molar-refractivity contribution is 0.121. The van der Waals surface area contributed by atoms with E-state index < -0.39 is 0 Å². The van der Waals surface area contributed by atoms with Gasteiger partial charge >= 0.3 is 6.03 Å². The van der Waals surface area contributed by atoms with Gasteiger partial charge in [-0.1, -0.05) is 24.3 Å². The van der Waals surface area contributed by atoms with Gasteiger partial charge in [0.1, 0.15) is 0 Å². The highest BCUT2D eigenvalue weighted by Gasteiger charge is 2.37. The zero-order valence-corrected chi connectivity index (χ0v) is 15.5. The first-order valence-corrected chi connectivity index (χ1v) is 9.98. The number of benzene rings is 1. The third-order valence-electron chi connectivity index (χ3n) is 6.38. The van der Waals surface area contributed by atoms with Gasteiger partial charge in [-0.05, 0) is 30.0 Å². The number of nitrogens with one attached hydrogen (secondary N) is 1. The Balaban J connectivity index is 1.14. The molecule has 0 radical (unpaired) electrons. The normalized spacial score (nSPS) is 25.8. The van der Waals surface area contributed by atoms with E-state index in [1.807, 2.05) is 15.9 Å². The van der Waals surface area contributed by atoms with E-state index in [0.717, 1.165) is 57.9 Å². The first-order valence-electron chi connectivity index (χ1n) is 9.98. The van der Waals surface area contributed by atoms with E-state index in [2.05, 4.69) is 34.5 Å². The minimum atomic E-state index is 0.188. The summed E-state index contributed by atoms with van der Waals surface area (Å²) in [6.45, 7) is 5.01. The van der Waals surface area contributed by atoms with Crippen LogP contribution in [0.2, 0.25) is 0 Å². The molecule has 3 fully saturated rings. The number of carbonyl (C=O) groups is 1. The second-order valence-corrected chi connectivity index (χ2v) is 8.06. The number of ether oxygens (including phenoxy) is 1. The summed E-state index contributed by atoms with van der Waals surface area (Å²) in [6, 6.07) is 11.2. The lowest BCUT2D eigenvalue weighted by Gasteiger charge is -2.41. The molecule has 6 nitrogen and oxygen atoms in total. The molecule has 2 amide bonds. The van der Waals surface area contributed by atoms with Crippen molar-refractivity contribution in [2.24, 2.45) is 0 Å². The van der Waals surface area contributed by atoms with Crippen LogP contribution in [0.3, 0.4) is 0 Å². The monoisotopic (exact) mass is 366 g/mol. The van der Waals surface area contributed by atoms with Crippen LogP contribution in [0, 0.1) is 0 Å². The smallest absolute Gasteiger partial charge is 0.320 e. The van der Waals surface area contributed by atoms with Crippen LogP contribution in [0.25, 0.3) is 0 Å². The summed E-state index contributed by atoms with van der Waals surface area (Å²) in [5.74, 6) is 1.41. The average molecular weight is 366 g/mol. The van der Waals surface area contributed by atoms with Gasteiger partial charge in [-0.2, -0.15) is 5.10 Å². The van der Waals surface area contributed by atoms with Gasteiger partial charge in [0, 0.05) is 62.4 Å². The zero-order valence-electron chi connectivity index (χ0n) is 15.5. The van der Waals surface area contributed by atoms with E-state index in [4.69, 9.17) is 4.74 Å². The summed E-state index contributed by atoms with van der Waals surface area (Å²) in [5.41, 5.74) is 3.86. The number of nitrogens with zero attached hydrogens (tertiary/aromatic N) is 3. The molecule has 0 spiro atoms. The molecule has 3 saturated heterocycles. The second kappa shape index (κ2) is 7.00. The Kier molecular flexibility index (Phi) is 4.36. The number of amides is 2. The summed E-state index contributed by atoms with van der Waals surface area (Å²) in [7, 11) is 0. The highest BCUT2D eigenvalue weighted by Crippen LogP contribution is 2.32. The van der Waals surface area contributed by atoms with Crippen LogP contribution in [0.15, 0.2) is 36.5 Å². The van der Waals surface area contributed by atoms with Crippen molar-refractivity contribution in [2.75, 3.05) is 39.4 Å². The number of aromatic amines is 1. The van der Waals surface area contributed by atoms with Crippen molar-refractivity contribution in [1.29, 1.82) is 0 Å². The number of likely N-dealkylation sites (tertiary alicyclic amines) is 2. The summed E-state index contributed by atoms with van der Waals surface area (Å²) in [5, 5.41) is 7.07. The van der Waals surface area contributed by atoms with E-state index in [0.29, 0.717) is 17.8 Å². The summed E-state index contributed by atoms with van der Waals surface area (Å²) in [4.78, 5) is 16.7. The molecule has 142 valence electrons. The predicted molar refractivity (Wildman–Crippen MR) is 102 cm³/mol. The molecule has 1 N–H and O–H groups in total. The van der Waals surface area contributed by atoms with Crippen molar-refractivity contribution in [3.8, 4) is 0 Å². The number of H-pyrrole nitrogens is 1. The molecule has 6 heteroatoms. The van der Waals surface area contributed by atoms with Crippen LogP contribution in [0.4, 0.5) is 4.79 Å². The number of aromatic nitrogens is 2. The van der Waals surface area contributed by atoms with Crippen molar-refractivity contribution < 1.29 is 9.53 Å². The van der Waals surface area contributed by atoms with Gasteiger partial charge in [-0.25, -0.2) is 4.79 Å². The fraction of sp³-hybridized carbons (Fsp3) is 0.524. The molecule has 1 aromatic carbocycles. The lowest BCUT2D eigenvalue weighted by Crippen LogP contribution is -2.53. The van der Waals surface area contributed by atoms with Gasteiger partial charge in [-0.3, -0.25) is 5.10 Å². The SMILES string of the molecule is O=C(N1CC(c2ccc(C3CCOC3)cc2)C1)N1CCC(c2ccn[nH]2)C1. The molecular weight excluding hydrogens is 340 g/mol. The fourth-order valence-corrected chi connectivity index (χ4v) is 4.57. The topological polar surface area (TPSA) is 61.5 Å². The average Bonchev–Trinajstić information content (AvgIpc) is 3.42. The van der Waals surface area contributed by atoms with Crippen LogP contribution < -0.4 is 0 Å². The van der Waals surface area contributed by atoms with Crippen LogP contribution in [0.1, 0.15) is 47.4 Å². The third kappa shape index (κ3) is 3.23. The number of carbonyl (C=O) groups excluding carboxylic acids is 1. The Hall–Kier alpha value is -2.34. The van der Waals surface area contributed by atoms with Crippen LogP contribution in [-0.2, 0) is 4.74 Å². The van der Waals surface area contributed by atoms with Crippen molar-refractivity contribution in [3.05, 3.63) is 53.3 Å². The summed E-state index contributed by atoms with van der Waals surface area (Å²) >= 11 is 0. The molecule has 0 aliphatic carbocycles. The van der Waals surface area contributed by atoms with Gasteiger partial charge in [0.25, 0.3) is 0 Å². The highest BCUT2D eigenvalue weighted by atomic mass is 16.5. The van der Waals surface area contributed by atoms with Gasteiger partial charge in [0.2, 0.25) is 0 Å². The first-order chi connectivity index (χ1) is 13.3. The van der Waals surface area contributed by atoms with Crippen molar-refractivity contribution >= 4 is 6.03 Å². The number of hydrogen-bond donors (Lipinski definition) is 1. The van der Waals surface area contributed by atoms with Crippen molar-refractivity contribution in [1.82, 2.24) is 20.0 Å². The van der Waals surface area contributed by atoms with E-state index in [1.54, 1.807) is 6.20 Å². The largest absolute Gasteiger partial charge is 0.381 e. The second-order valence-electron chi connectivity index (χ2n) is 8.06. The molecule has 4 heterocycles. The molecule has 2 aromatic rings. The number of urea groups is 1. The Labute approximate surface area is 159 Å². The minimum Gasteiger partial charge on any atom is -0.381 e. The van der Waals surface area contributed by atoms with Crippen LogP contribution >= 0.6 is 0 Å². The Morgan fingerprint density at radius 2 is 1.70 bits per heavy atom. The maximum absolute atomic E-state index is 12.8. The van der Waals surface area contributed by atoms with E-state index >= 15 is 0 Å². The summed E-state index contributed by atoms with van der Waals surface area (Å²) < 4.78 is 5.49. The fourth-order valence-electron chi connectivity index (χ4n) is 4.57. The molecule has 1 aromatic heterocycles. The van der Waals surface area contributed by atoms with E-state index in [-0.39, 0.29) is 6.03 Å². The third-order valence-corrected chi connectivity index (χ3v) is 6.38. The van der Waals surface area contributed by atoms with E-state index in [1.165, 1.54) is 11.1 Å². The molecule has 2 unspecified atom stereocenters. The molecule has 0 bridgehead atoms. The molecular formula is C21H26N4O2. The Bertz CT molecular complexity index is 777. The maximum Gasteiger partial charge on any atom is 0.320 e. The van der Waals surface area contributed by atoms with Gasteiger partial charge in [0.15, 0.2) is 0 Å². The van der Waals surface area contributed by atoms with Crippen molar-refractivity contribution in [2.45, 2.75) is 30.6 Å². The predicted octanol–water partition coefficient (Wildman–Crippen LogP) is 2.92. The quantitative estimate of drug-likeness (QED) is 0.909. The standard InChI is InChI=1S/C21H26N4O2/c26-21(24-9-6-17(11-24)20-5-8-22-23-20)25-12-19(13-25)16-3-1-15(2-4-16)18-7-10-27-14-18/h1-5,8,17-19H,6-7,9-14H2,(H,22,23). The molecule has 5 rings (SSSR count). The molecule has 0 saturated carbocycles. The Morgan fingerprint density at radius 3 is 2.37 bits per heavy atom. The van der Waals surface area contributed by atoms with Crippen LogP contribution in [0.5, 0.6) is 0 Å². The highest BCUT2D eigenvalue weighted by molar-refractivity contribution is 5.76. The van der Waals surface area contributed by atoms with Gasteiger partial charge in [-0.15, -0.1) is 0 Å². The maximum atomic E-state index is 12.8. The molecule has 27 heavy (non-hydrogen) atoms. The number of hydrogen-bond acceptors (Lipinski definition) is 3. The zero-order chi connectivity index (χ0) is 18.2.